The molecule has 5 heteroatoms. The molecule has 0 atom stereocenters. The fraction of sp³-hybridized carbons (Fsp3) is 0. The number of aromatic nitrogens is 1. The lowest BCUT2D eigenvalue weighted by Crippen LogP contribution is -2.03. The highest BCUT2D eigenvalue weighted by atomic mass is 35.5. The molecule has 76 valence electrons. The second kappa shape index (κ2) is 4.00. The molecular weight excluding hydrogens is 232 g/mol. The monoisotopic (exact) mass is 238 g/mol. The molecule has 0 bridgehead atoms. The average molecular weight is 239 g/mol. The lowest BCUT2D eigenvalue weighted by molar-refractivity contribution is 0.104. The average Bonchev–Trinajstić information content (AvgIpc) is 2.74. The number of ketones is 1. The van der Waals surface area contributed by atoms with E-state index in [0.717, 1.165) is 11.5 Å². The first kappa shape index (κ1) is 10.1. The van der Waals surface area contributed by atoms with Gasteiger partial charge in [-0.15, -0.1) is 0 Å². The Balaban J connectivity index is 2.46. The highest BCUT2D eigenvalue weighted by Crippen LogP contribution is 2.22. The Morgan fingerprint density at radius 1 is 1.40 bits per heavy atom. The Hall–Kier alpha value is -1.39. The Morgan fingerprint density at radius 2 is 2.20 bits per heavy atom. The van der Waals surface area contributed by atoms with E-state index >= 15 is 0 Å². The number of carbonyl (C=O) groups is 1. The van der Waals surface area contributed by atoms with E-state index in [1.165, 1.54) is 0 Å². The van der Waals surface area contributed by atoms with Crippen LogP contribution in [-0.2, 0) is 0 Å². The van der Waals surface area contributed by atoms with Crippen molar-refractivity contribution in [1.29, 1.82) is 0 Å². The first-order valence-corrected chi connectivity index (χ1v) is 5.34. The summed E-state index contributed by atoms with van der Waals surface area (Å²) in [6, 6.07) is 6.50. The van der Waals surface area contributed by atoms with Crippen molar-refractivity contribution in [3.8, 4) is 0 Å². The number of hydrogen-bond acceptors (Lipinski definition) is 4. The van der Waals surface area contributed by atoms with Crippen LogP contribution in [0.1, 0.15) is 15.2 Å². The Bertz CT molecular complexity index is 496. The number of benzene rings is 1. The zero-order valence-electron chi connectivity index (χ0n) is 7.61. The molecule has 0 aliphatic carbocycles. The highest BCUT2D eigenvalue weighted by molar-refractivity contribution is 7.08. The van der Waals surface area contributed by atoms with E-state index in [1.807, 2.05) is 0 Å². The van der Waals surface area contributed by atoms with E-state index in [9.17, 15) is 4.79 Å². The maximum Gasteiger partial charge on any atom is 0.206 e. The van der Waals surface area contributed by atoms with E-state index in [-0.39, 0.29) is 5.78 Å². The summed E-state index contributed by atoms with van der Waals surface area (Å²) in [6.07, 6.45) is 1.58. The molecule has 0 unspecified atom stereocenters. The molecule has 15 heavy (non-hydrogen) atoms. The molecule has 2 rings (SSSR count). The molecular formula is C10H7ClN2OS. The minimum absolute atomic E-state index is 0.141. The minimum atomic E-state index is -0.141. The zero-order valence-corrected chi connectivity index (χ0v) is 9.18. The van der Waals surface area contributed by atoms with Crippen LogP contribution in [-0.4, -0.2) is 10.2 Å². The van der Waals surface area contributed by atoms with Crippen molar-refractivity contribution >= 4 is 34.6 Å². The van der Waals surface area contributed by atoms with Gasteiger partial charge < -0.3 is 5.73 Å². The van der Waals surface area contributed by atoms with Crippen molar-refractivity contribution in [3.05, 3.63) is 45.9 Å². The highest BCUT2D eigenvalue weighted by Gasteiger charge is 2.14. The predicted molar refractivity (Wildman–Crippen MR) is 61.4 cm³/mol. The largest absolute Gasteiger partial charge is 0.398 e. The number of nitrogens with zero attached hydrogens (tertiary/aromatic N) is 1. The molecule has 0 aliphatic heterocycles. The molecule has 0 aliphatic rings. The molecule has 2 aromatic rings. The van der Waals surface area contributed by atoms with Crippen molar-refractivity contribution in [1.82, 2.24) is 4.37 Å². The predicted octanol–water partition coefficient (Wildman–Crippen LogP) is 2.61. The van der Waals surface area contributed by atoms with Crippen LogP contribution < -0.4 is 5.73 Å². The van der Waals surface area contributed by atoms with Gasteiger partial charge in [0.1, 0.15) is 0 Å². The number of carbonyl (C=O) groups excluding carboxylic acids is 1. The van der Waals surface area contributed by atoms with Gasteiger partial charge in [-0.2, -0.15) is 0 Å². The number of rotatable bonds is 2. The summed E-state index contributed by atoms with van der Waals surface area (Å²) in [5.74, 6) is -0.141. The van der Waals surface area contributed by atoms with Crippen LogP contribution in [0, 0.1) is 0 Å². The number of halogens is 1. The molecule has 0 fully saturated rings. The summed E-state index contributed by atoms with van der Waals surface area (Å²) in [6.45, 7) is 0. The van der Waals surface area contributed by atoms with Crippen molar-refractivity contribution < 1.29 is 4.79 Å². The standard InChI is InChI=1S/C10H7ClN2OS/c11-6-1-2-8(12)7(5-6)10(14)9-3-4-13-15-9/h1-5H,12H2. The third-order valence-electron chi connectivity index (χ3n) is 1.92. The third-order valence-corrected chi connectivity index (χ3v) is 2.90. The van der Waals surface area contributed by atoms with E-state index < -0.39 is 0 Å². The Kier molecular flexibility index (Phi) is 2.70. The topological polar surface area (TPSA) is 56.0 Å². The van der Waals surface area contributed by atoms with Crippen molar-refractivity contribution in [2.75, 3.05) is 5.73 Å². The second-order valence-corrected chi connectivity index (χ2v) is 4.21. The summed E-state index contributed by atoms with van der Waals surface area (Å²) in [5, 5.41) is 0.497. The zero-order chi connectivity index (χ0) is 10.8. The second-order valence-electron chi connectivity index (χ2n) is 2.94. The molecule has 1 heterocycles. The summed E-state index contributed by atoms with van der Waals surface area (Å²) in [4.78, 5) is 12.5. The van der Waals surface area contributed by atoms with Crippen molar-refractivity contribution in [2.24, 2.45) is 0 Å². The maximum atomic E-state index is 11.9. The number of nitrogens with two attached hydrogens (primary N) is 1. The number of nitrogen functional groups attached to an aromatic ring is 1. The van der Waals surface area contributed by atoms with Gasteiger partial charge in [0, 0.05) is 22.5 Å². The van der Waals surface area contributed by atoms with Gasteiger partial charge in [0.2, 0.25) is 5.78 Å². The molecule has 1 aromatic carbocycles. The van der Waals surface area contributed by atoms with Crippen LogP contribution in [0.15, 0.2) is 30.5 Å². The summed E-state index contributed by atoms with van der Waals surface area (Å²) >= 11 is 6.94. The maximum absolute atomic E-state index is 11.9. The molecule has 0 saturated heterocycles. The van der Waals surface area contributed by atoms with Crippen molar-refractivity contribution in [3.63, 3.8) is 0 Å². The van der Waals surface area contributed by atoms with E-state index in [0.29, 0.717) is 21.2 Å². The number of hydrogen-bond donors (Lipinski definition) is 1. The van der Waals surface area contributed by atoms with Gasteiger partial charge in [-0.25, -0.2) is 4.37 Å². The lowest BCUT2D eigenvalue weighted by atomic mass is 10.1. The third kappa shape index (κ3) is 2.00. The van der Waals surface area contributed by atoms with Gasteiger partial charge >= 0.3 is 0 Å². The molecule has 3 nitrogen and oxygen atoms in total. The van der Waals surface area contributed by atoms with Crippen LogP contribution >= 0.6 is 23.1 Å². The first-order valence-electron chi connectivity index (χ1n) is 4.19. The van der Waals surface area contributed by atoms with Crippen LogP contribution in [0.3, 0.4) is 0 Å². The summed E-state index contributed by atoms with van der Waals surface area (Å²) in [7, 11) is 0. The smallest absolute Gasteiger partial charge is 0.206 e. The van der Waals surface area contributed by atoms with Gasteiger partial charge in [0.05, 0.1) is 4.88 Å². The SMILES string of the molecule is Nc1ccc(Cl)cc1C(=O)c1ccns1. The van der Waals surface area contributed by atoms with Gasteiger partial charge in [0.15, 0.2) is 0 Å². The molecule has 0 radical (unpaired) electrons. The quantitative estimate of drug-likeness (QED) is 0.646. The van der Waals surface area contributed by atoms with E-state index in [1.54, 1.807) is 30.5 Å². The van der Waals surface area contributed by atoms with Crippen molar-refractivity contribution in [2.45, 2.75) is 0 Å². The van der Waals surface area contributed by atoms with Crippen LogP contribution in [0.4, 0.5) is 5.69 Å². The minimum Gasteiger partial charge on any atom is -0.398 e. The van der Waals surface area contributed by atoms with E-state index in [2.05, 4.69) is 4.37 Å². The molecule has 1 aromatic heterocycles. The first-order chi connectivity index (χ1) is 7.18. The van der Waals surface area contributed by atoms with E-state index in [4.69, 9.17) is 17.3 Å². The van der Waals surface area contributed by atoms with Gasteiger partial charge in [0.25, 0.3) is 0 Å². The van der Waals surface area contributed by atoms with Gasteiger partial charge in [-0.3, -0.25) is 4.79 Å². The molecule has 0 amide bonds. The fourth-order valence-electron chi connectivity index (χ4n) is 1.19. The molecule has 0 spiro atoms. The van der Waals surface area contributed by atoms with Gasteiger partial charge in [-0.05, 0) is 35.8 Å². The van der Waals surface area contributed by atoms with Gasteiger partial charge in [-0.1, -0.05) is 11.6 Å². The normalized spacial score (nSPS) is 10.2. The lowest BCUT2D eigenvalue weighted by Gasteiger charge is -2.02. The van der Waals surface area contributed by atoms with Crippen LogP contribution in [0.5, 0.6) is 0 Å². The Morgan fingerprint density at radius 3 is 2.87 bits per heavy atom. The number of anilines is 1. The Labute approximate surface area is 95.7 Å². The summed E-state index contributed by atoms with van der Waals surface area (Å²) in [5.41, 5.74) is 6.55. The summed E-state index contributed by atoms with van der Waals surface area (Å²) < 4.78 is 3.87. The van der Waals surface area contributed by atoms with Crippen LogP contribution in [0.25, 0.3) is 0 Å². The molecule has 2 N–H and O–H groups in total. The van der Waals surface area contributed by atoms with Crippen LogP contribution in [0.2, 0.25) is 5.02 Å². The fourth-order valence-corrected chi connectivity index (χ4v) is 1.91. The molecule has 0 saturated carbocycles.